The summed E-state index contributed by atoms with van der Waals surface area (Å²) in [4.78, 5) is 11.1. The molecule has 2 rings (SSSR count). The molecule has 0 fully saturated rings. The van der Waals surface area contributed by atoms with Gasteiger partial charge >= 0.3 is 0 Å². The fraction of sp³-hybridized carbons (Fsp3) is 0.0714. The Bertz CT molecular complexity index is 643. The summed E-state index contributed by atoms with van der Waals surface area (Å²) < 4.78 is 19.3. The van der Waals surface area contributed by atoms with E-state index in [0.717, 1.165) is 0 Å². The van der Waals surface area contributed by atoms with Crippen LogP contribution in [0.25, 0.3) is 0 Å². The van der Waals surface area contributed by atoms with Crippen LogP contribution in [-0.2, 0) is 0 Å². The zero-order valence-electron chi connectivity index (χ0n) is 10.1. The molecule has 0 saturated carbocycles. The molecule has 0 aromatic heterocycles. The summed E-state index contributed by atoms with van der Waals surface area (Å²) in [5.74, 6) is -0.000288. The third-order valence-corrected chi connectivity index (χ3v) is 3.24. The summed E-state index contributed by atoms with van der Waals surface area (Å²) in [5.41, 5.74) is 6.37. The Morgan fingerprint density at radius 3 is 2.63 bits per heavy atom. The van der Waals surface area contributed by atoms with Gasteiger partial charge in [-0.25, -0.2) is 4.39 Å². The predicted octanol–water partition coefficient (Wildman–Crippen LogP) is 3.79. The highest BCUT2D eigenvalue weighted by Crippen LogP contribution is 2.31. The van der Waals surface area contributed by atoms with Crippen LogP contribution in [0.3, 0.4) is 0 Å². The average molecular weight is 324 g/mol. The summed E-state index contributed by atoms with van der Waals surface area (Å²) in [5, 5.41) is 0. The van der Waals surface area contributed by atoms with Crippen LogP contribution in [0.4, 0.5) is 4.39 Å². The Labute approximate surface area is 118 Å². The second kappa shape index (κ2) is 5.40. The summed E-state index contributed by atoms with van der Waals surface area (Å²) in [6, 6.07) is 9.05. The summed E-state index contributed by atoms with van der Waals surface area (Å²) in [6.07, 6.45) is 0. The number of amides is 1. The number of ether oxygens (including phenoxy) is 1. The van der Waals surface area contributed by atoms with Crippen LogP contribution in [0.15, 0.2) is 40.9 Å². The molecule has 0 radical (unpaired) electrons. The third-order valence-electron chi connectivity index (χ3n) is 2.58. The Morgan fingerprint density at radius 1 is 1.26 bits per heavy atom. The molecule has 0 unspecified atom stereocenters. The summed E-state index contributed by atoms with van der Waals surface area (Å²) in [7, 11) is 0. The molecule has 2 aromatic rings. The van der Waals surface area contributed by atoms with Gasteiger partial charge in [0.15, 0.2) is 0 Å². The van der Waals surface area contributed by atoms with Crippen molar-refractivity contribution in [3.05, 3.63) is 57.8 Å². The third kappa shape index (κ3) is 3.12. The zero-order valence-corrected chi connectivity index (χ0v) is 11.7. The number of rotatable bonds is 3. The number of nitrogens with two attached hydrogens (primary N) is 1. The number of benzene rings is 2. The molecule has 2 N–H and O–H groups in total. The number of hydrogen-bond acceptors (Lipinski definition) is 2. The normalized spacial score (nSPS) is 10.3. The molecule has 98 valence electrons. The minimum atomic E-state index is -0.490. The monoisotopic (exact) mass is 323 g/mol. The largest absolute Gasteiger partial charge is 0.456 e. The molecule has 3 nitrogen and oxygen atoms in total. The van der Waals surface area contributed by atoms with Gasteiger partial charge in [-0.1, -0.05) is 0 Å². The Morgan fingerprint density at radius 2 is 2.00 bits per heavy atom. The van der Waals surface area contributed by atoms with Crippen molar-refractivity contribution in [3.8, 4) is 11.5 Å². The lowest BCUT2D eigenvalue weighted by atomic mass is 10.1. The molecule has 0 aliphatic rings. The van der Waals surface area contributed by atoms with Gasteiger partial charge in [0.25, 0.3) is 0 Å². The first-order valence-electron chi connectivity index (χ1n) is 5.51. The maximum atomic E-state index is 13.1. The van der Waals surface area contributed by atoms with Crippen LogP contribution < -0.4 is 10.5 Å². The zero-order chi connectivity index (χ0) is 14.0. The van der Waals surface area contributed by atoms with Gasteiger partial charge in [-0.2, -0.15) is 0 Å². The molecule has 0 spiro atoms. The van der Waals surface area contributed by atoms with E-state index in [1.807, 2.05) is 0 Å². The van der Waals surface area contributed by atoms with Crippen LogP contribution in [0.2, 0.25) is 0 Å². The van der Waals surface area contributed by atoms with Gasteiger partial charge in [-0.05, 0) is 58.7 Å². The number of carbonyl (C=O) groups is 1. The predicted molar refractivity (Wildman–Crippen MR) is 73.9 cm³/mol. The van der Waals surface area contributed by atoms with Crippen molar-refractivity contribution in [1.82, 2.24) is 0 Å². The van der Waals surface area contributed by atoms with Gasteiger partial charge in [0, 0.05) is 11.6 Å². The number of halogens is 2. The van der Waals surface area contributed by atoms with Crippen molar-refractivity contribution in [2.45, 2.75) is 6.92 Å². The quantitative estimate of drug-likeness (QED) is 0.934. The molecule has 0 saturated heterocycles. The van der Waals surface area contributed by atoms with Gasteiger partial charge in [0.1, 0.15) is 17.3 Å². The van der Waals surface area contributed by atoms with Crippen LogP contribution in [0.5, 0.6) is 11.5 Å². The molecule has 0 aliphatic heterocycles. The molecule has 1 amide bonds. The molecule has 0 heterocycles. The Hall–Kier alpha value is -1.88. The van der Waals surface area contributed by atoms with Crippen molar-refractivity contribution in [1.29, 1.82) is 0 Å². The van der Waals surface area contributed by atoms with Crippen molar-refractivity contribution in [2.75, 3.05) is 0 Å². The minimum absolute atomic E-state index is 0.367. The molecule has 19 heavy (non-hydrogen) atoms. The van der Waals surface area contributed by atoms with E-state index in [9.17, 15) is 9.18 Å². The van der Waals surface area contributed by atoms with Crippen LogP contribution in [-0.4, -0.2) is 5.91 Å². The lowest BCUT2D eigenvalue weighted by molar-refractivity contribution is 0.0999. The van der Waals surface area contributed by atoms with Gasteiger partial charge < -0.3 is 10.5 Å². The standard InChI is InChI=1S/C14H11BrFNO2/c1-8-6-10(3-4-11(8)14(17)18)19-13-7-9(16)2-5-12(13)15/h2-7H,1H3,(H2,17,18). The molecule has 5 heteroatoms. The molecular weight excluding hydrogens is 313 g/mol. The van der Waals surface area contributed by atoms with Crippen molar-refractivity contribution in [3.63, 3.8) is 0 Å². The smallest absolute Gasteiger partial charge is 0.248 e. The van der Waals surface area contributed by atoms with E-state index < -0.39 is 5.91 Å². The van der Waals surface area contributed by atoms with Crippen LogP contribution >= 0.6 is 15.9 Å². The average Bonchev–Trinajstić information content (AvgIpc) is 2.33. The number of hydrogen-bond donors (Lipinski definition) is 1. The SMILES string of the molecule is Cc1cc(Oc2cc(F)ccc2Br)ccc1C(N)=O. The first kappa shape index (κ1) is 13.5. The summed E-state index contributed by atoms with van der Waals surface area (Å²) in [6.45, 7) is 1.76. The molecule has 0 atom stereocenters. The highest BCUT2D eigenvalue weighted by Gasteiger charge is 2.08. The van der Waals surface area contributed by atoms with E-state index in [2.05, 4.69) is 15.9 Å². The molecular formula is C14H11BrFNO2. The summed E-state index contributed by atoms with van der Waals surface area (Å²) >= 11 is 3.28. The van der Waals surface area contributed by atoms with Crippen molar-refractivity contribution < 1.29 is 13.9 Å². The second-order valence-electron chi connectivity index (χ2n) is 4.02. The van der Waals surface area contributed by atoms with Gasteiger partial charge in [-0.3, -0.25) is 4.79 Å². The minimum Gasteiger partial charge on any atom is -0.456 e. The van der Waals surface area contributed by atoms with Gasteiger partial charge in [0.05, 0.1) is 4.47 Å². The molecule has 0 aliphatic carbocycles. The number of primary amides is 1. The Kier molecular flexibility index (Phi) is 3.85. The van der Waals surface area contributed by atoms with Crippen molar-refractivity contribution >= 4 is 21.8 Å². The number of carbonyl (C=O) groups excluding carboxylic acids is 1. The highest BCUT2D eigenvalue weighted by molar-refractivity contribution is 9.10. The van der Waals surface area contributed by atoms with Crippen LogP contribution in [0, 0.1) is 12.7 Å². The topological polar surface area (TPSA) is 52.3 Å². The highest BCUT2D eigenvalue weighted by atomic mass is 79.9. The fourth-order valence-electron chi connectivity index (χ4n) is 1.66. The van der Waals surface area contributed by atoms with E-state index in [0.29, 0.717) is 27.1 Å². The lowest BCUT2D eigenvalue weighted by Gasteiger charge is -2.09. The maximum Gasteiger partial charge on any atom is 0.248 e. The van der Waals surface area contributed by atoms with E-state index in [4.69, 9.17) is 10.5 Å². The second-order valence-corrected chi connectivity index (χ2v) is 4.87. The molecule has 0 bridgehead atoms. The number of aryl methyl sites for hydroxylation is 1. The first-order valence-corrected chi connectivity index (χ1v) is 6.30. The Balaban J connectivity index is 2.31. The van der Waals surface area contributed by atoms with E-state index in [1.54, 1.807) is 31.2 Å². The van der Waals surface area contributed by atoms with Gasteiger partial charge in [0.2, 0.25) is 5.91 Å². The van der Waals surface area contributed by atoms with Crippen LogP contribution in [0.1, 0.15) is 15.9 Å². The van der Waals surface area contributed by atoms with Crippen molar-refractivity contribution in [2.24, 2.45) is 5.73 Å². The first-order chi connectivity index (χ1) is 8.97. The van der Waals surface area contributed by atoms with E-state index >= 15 is 0 Å². The van der Waals surface area contributed by atoms with Gasteiger partial charge in [-0.15, -0.1) is 0 Å². The van der Waals surface area contributed by atoms with E-state index in [-0.39, 0.29) is 5.82 Å². The maximum absolute atomic E-state index is 13.1. The molecule has 2 aromatic carbocycles. The van der Waals surface area contributed by atoms with E-state index in [1.165, 1.54) is 12.1 Å². The lowest BCUT2D eigenvalue weighted by Crippen LogP contribution is -2.12. The fourth-order valence-corrected chi connectivity index (χ4v) is 1.99.